The van der Waals surface area contributed by atoms with E-state index in [0.29, 0.717) is 5.82 Å². The number of hydrogen-bond donors (Lipinski definition) is 0. The van der Waals surface area contributed by atoms with Gasteiger partial charge in [0, 0.05) is 12.4 Å². The molecule has 6 heteroatoms. The number of rotatable bonds is 2. The molecule has 0 spiro atoms. The minimum absolute atomic E-state index is 0.210. The smallest absolute Gasteiger partial charge is 0.224 e. The Bertz CT molecular complexity index is 483. The van der Waals surface area contributed by atoms with Gasteiger partial charge in [0.1, 0.15) is 0 Å². The summed E-state index contributed by atoms with van der Waals surface area (Å²) < 4.78 is 2.44. The van der Waals surface area contributed by atoms with Crippen LogP contribution in [0.5, 0.6) is 0 Å². The largest absolute Gasteiger partial charge is 0.225 e. The van der Waals surface area contributed by atoms with E-state index in [9.17, 15) is 0 Å². The van der Waals surface area contributed by atoms with Crippen LogP contribution in [-0.2, 0) is 6.42 Å². The monoisotopic (exact) mass is 286 g/mol. The van der Waals surface area contributed by atoms with Crippen LogP contribution in [0, 0.1) is 0 Å². The number of aromatic nitrogens is 4. The molecule has 2 aromatic heterocycles. The fraction of sp³-hybridized carbons (Fsp3) is 0.222. The summed E-state index contributed by atoms with van der Waals surface area (Å²) in [6.07, 6.45) is 6.28. The van der Waals surface area contributed by atoms with Gasteiger partial charge in [-0.2, -0.15) is 10.1 Å². The van der Waals surface area contributed by atoms with Crippen molar-refractivity contribution < 1.29 is 0 Å². The molecule has 0 atom stereocenters. The fourth-order valence-electron chi connectivity index (χ4n) is 1.16. The summed E-state index contributed by atoms with van der Waals surface area (Å²) in [5.41, 5.74) is 1.15. The van der Waals surface area contributed by atoms with Gasteiger partial charge in [0.15, 0.2) is 5.82 Å². The van der Waals surface area contributed by atoms with Gasteiger partial charge in [-0.25, -0.2) is 9.67 Å². The number of hydrogen-bond acceptors (Lipinski definition) is 3. The van der Waals surface area contributed by atoms with Crippen molar-refractivity contribution in [2.75, 3.05) is 0 Å². The summed E-state index contributed by atoms with van der Waals surface area (Å²) in [6, 6.07) is 0. The van der Waals surface area contributed by atoms with Gasteiger partial charge in [-0.1, -0.05) is 6.92 Å². The van der Waals surface area contributed by atoms with Crippen LogP contribution in [0.25, 0.3) is 5.82 Å². The number of aryl methyl sites for hydroxylation is 1. The van der Waals surface area contributed by atoms with Gasteiger partial charge in [0.2, 0.25) is 5.28 Å². The summed E-state index contributed by atoms with van der Waals surface area (Å²) in [5, 5.41) is 4.41. The molecule has 15 heavy (non-hydrogen) atoms. The van der Waals surface area contributed by atoms with E-state index in [-0.39, 0.29) is 5.28 Å². The average molecular weight is 288 g/mol. The topological polar surface area (TPSA) is 43.6 Å². The summed E-state index contributed by atoms with van der Waals surface area (Å²) in [5.74, 6) is 0.648. The van der Waals surface area contributed by atoms with Crippen LogP contribution in [0.4, 0.5) is 0 Å². The Balaban J connectivity index is 2.48. The average Bonchev–Trinajstić information content (AvgIpc) is 2.70. The minimum atomic E-state index is 0.210. The third kappa shape index (κ3) is 2.18. The van der Waals surface area contributed by atoms with Gasteiger partial charge in [-0.05, 0) is 39.5 Å². The van der Waals surface area contributed by atoms with Gasteiger partial charge in [-0.15, -0.1) is 0 Å². The van der Waals surface area contributed by atoms with Crippen LogP contribution >= 0.6 is 27.5 Å². The van der Waals surface area contributed by atoms with E-state index in [1.807, 2.05) is 12.4 Å². The molecule has 0 aromatic carbocycles. The molecule has 0 unspecified atom stereocenters. The van der Waals surface area contributed by atoms with Gasteiger partial charge >= 0.3 is 0 Å². The normalized spacial score (nSPS) is 10.6. The summed E-state index contributed by atoms with van der Waals surface area (Å²) in [6.45, 7) is 2.07. The van der Waals surface area contributed by atoms with Crippen LogP contribution in [0.1, 0.15) is 12.5 Å². The fourth-order valence-corrected chi connectivity index (χ4v) is 1.66. The lowest BCUT2D eigenvalue weighted by molar-refractivity contribution is 0.833. The molecule has 78 valence electrons. The lowest BCUT2D eigenvalue weighted by atomic mass is 10.3. The van der Waals surface area contributed by atoms with Crippen molar-refractivity contribution in [2.24, 2.45) is 0 Å². The maximum Gasteiger partial charge on any atom is 0.224 e. The third-order valence-electron chi connectivity index (χ3n) is 1.96. The van der Waals surface area contributed by atoms with Crippen molar-refractivity contribution >= 4 is 27.5 Å². The van der Waals surface area contributed by atoms with E-state index < -0.39 is 0 Å². The molecule has 0 aliphatic carbocycles. The molecule has 0 N–H and O–H groups in total. The Morgan fingerprint density at radius 3 is 2.93 bits per heavy atom. The second kappa shape index (κ2) is 4.28. The summed E-state index contributed by atoms with van der Waals surface area (Å²) in [7, 11) is 0. The van der Waals surface area contributed by atoms with E-state index in [4.69, 9.17) is 11.6 Å². The Hall–Kier alpha value is -0.940. The van der Waals surface area contributed by atoms with Gasteiger partial charge in [0.05, 0.1) is 10.7 Å². The van der Waals surface area contributed by atoms with Crippen LogP contribution in [0.15, 0.2) is 23.1 Å². The van der Waals surface area contributed by atoms with Crippen LogP contribution in [-0.4, -0.2) is 19.7 Å². The third-order valence-corrected chi connectivity index (χ3v) is 2.70. The quantitative estimate of drug-likeness (QED) is 0.798. The van der Waals surface area contributed by atoms with Gasteiger partial charge < -0.3 is 0 Å². The lowest BCUT2D eigenvalue weighted by Crippen LogP contribution is -2.00. The first-order valence-corrected chi connectivity index (χ1v) is 5.59. The second-order valence-corrected chi connectivity index (χ2v) is 4.15. The molecule has 2 heterocycles. The maximum absolute atomic E-state index is 5.72. The Labute approximate surface area is 100 Å². The zero-order valence-electron chi connectivity index (χ0n) is 7.98. The molecular formula is C9H8BrClN4. The van der Waals surface area contributed by atoms with E-state index in [2.05, 4.69) is 37.9 Å². The molecule has 2 rings (SSSR count). The predicted octanol–water partition coefficient (Wildman–Crippen LogP) is 2.64. The predicted molar refractivity (Wildman–Crippen MR) is 61.2 cm³/mol. The Kier molecular flexibility index (Phi) is 3.02. The minimum Gasteiger partial charge on any atom is -0.225 e. The number of halogens is 2. The molecule has 0 radical (unpaired) electrons. The van der Waals surface area contributed by atoms with Crippen molar-refractivity contribution in [3.8, 4) is 5.82 Å². The van der Waals surface area contributed by atoms with Gasteiger partial charge in [0.25, 0.3) is 0 Å². The summed E-state index contributed by atoms with van der Waals surface area (Å²) >= 11 is 9.08. The lowest BCUT2D eigenvalue weighted by Gasteiger charge is -2.02. The molecule has 0 saturated carbocycles. The molecule has 2 aromatic rings. The molecule has 0 amide bonds. The highest BCUT2D eigenvalue weighted by molar-refractivity contribution is 9.10. The van der Waals surface area contributed by atoms with Gasteiger partial charge in [-0.3, -0.25) is 0 Å². The van der Waals surface area contributed by atoms with E-state index >= 15 is 0 Å². The highest BCUT2D eigenvalue weighted by Gasteiger charge is 2.07. The molecule has 0 bridgehead atoms. The van der Waals surface area contributed by atoms with Crippen molar-refractivity contribution in [3.63, 3.8) is 0 Å². The molecule has 0 fully saturated rings. The van der Waals surface area contributed by atoms with E-state index in [0.717, 1.165) is 16.5 Å². The van der Waals surface area contributed by atoms with Crippen molar-refractivity contribution in [1.82, 2.24) is 19.7 Å². The standard InChI is InChI=1S/C9H8BrClN4/c1-2-6-3-13-15(5-6)8-7(10)4-12-9(11)14-8/h3-5H,2H2,1H3. The zero-order valence-corrected chi connectivity index (χ0v) is 10.3. The highest BCUT2D eigenvalue weighted by atomic mass is 79.9. The zero-order chi connectivity index (χ0) is 10.8. The first-order chi connectivity index (χ1) is 7.20. The van der Waals surface area contributed by atoms with E-state index in [1.165, 1.54) is 0 Å². The van der Waals surface area contributed by atoms with E-state index in [1.54, 1.807) is 10.9 Å². The van der Waals surface area contributed by atoms with Crippen molar-refractivity contribution in [1.29, 1.82) is 0 Å². The first-order valence-electron chi connectivity index (χ1n) is 4.42. The summed E-state index contributed by atoms with van der Waals surface area (Å²) in [4.78, 5) is 7.96. The molecule has 0 saturated heterocycles. The van der Waals surface area contributed by atoms with Crippen molar-refractivity contribution in [2.45, 2.75) is 13.3 Å². The SMILES string of the molecule is CCc1cnn(-c2nc(Cl)ncc2Br)c1. The molecule has 4 nitrogen and oxygen atoms in total. The van der Waals surface area contributed by atoms with Crippen LogP contribution in [0.2, 0.25) is 5.28 Å². The Morgan fingerprint density at radius 2 is 2.27 bits per heavy atom. The molecule has 0 aliphatic rings. The number of nitrogens with zero attached hydrogens (tertiary/aromatic N) is 4. The van der Waals surface area contributed by atoms with Crippen molar-refractivity contribution in [3.05, 3.63) is 33.9 Å². The second-order valence-electron chi connectivity index (χ2n) is 2.96. The van der Waals surface area contributed by atoms with Crippen LogP contribution < -0.4 is 0 Å². The Morgan fingerprint density at radius 1 is 1.47 bits per heavy atom. The first kappa shape index (κ1) is 10.6. The molecular weight excluding hydrogens is 279 g/mol. The molecule has 0 aliphatic heterocycles. The van der Waals surface area contributed by atoms with Crippen LogP contribution in [0.3, 0.4) is 0 Å². The maximum atomic E-state index is 5.72. The highest BCUT2D eigenvalue weighted by Crippen LogP contribution is 2.19.